The molecule has 0 fully saturated rings. The van der Waals surface area contributed by atoms with Crippen molar-refractivity contribution in [2.75, 3.05) is 6.54 Å². The smallest absolute Gasteiger partial charge is 0.356 e. The van der Waals surface area contributed by atoms with Crippen LogP contribution in [0.5, 0.6) is 0 Å². The Labute approximate surface area is 126 Å². The van der Waals surface area contributed by atoms with E-state index in [1.165, 1.54) is 12.1 Å². The first-order valence-corrected chi connectivity index (χ1v) is 6.84. The molecule has 1 aromatic carbocycles. The minimum absolute atomic E-state index is 0.0967. The number of carbonyl (C=O) groups is 1. The number of hydrogen-bond acceptors (Lipinski definition) is 2. The molecule has 0 saturated carbocycles. The van der Waals surface area contributed by atoms with Crippen LogP contribution in [-0.4, -0.2) is 22.0 Å². The van der Waals surface area contributed by atoms with Gasteiger partial charge >= 0.3 is 6.18 Å². The first kappa shape index (κ1) is 16.1. The quantitative estimate of drug-likeness (QED) is 0.891. The fraction of sp³-hybridized carbons (Fsp3) is 0.333. The van der Waals surface area contributed by atoms with E-state index in [1.807, 2.05) is 0 Å². The SMILES string of the molecule is O=C(CCn1ccnc1)NCCc1ccc(C(F)(F)F)cc1. The molecule has 118 valence electrons. The molecule has 0 aliphatic heterocycles. The lowest BCUT2D eigenvalue weighted by molar-refractivity contribution is -0.137. The van der Waals surface area contributed by atoms with Gasteiger partial charge in [0.25, 0.3) is 0 Å². The summed E-state index contributed by atoms with van der Waals surface area (Å²) in [5, 5.41) is 2.74. The summed E-state index contributed by atoms with van der Waals surface area (Å²) in [5.41, 5.74) is 0.0866. The summed E-state index contributed by atoms with van der Waals surface area (Å²) in [7, 11) is 0. The Morgan fingerprint density at radius 2 is 1.95 bits per heavy atom. The molecule has 0 aliphatic carbocycles. The van der Waals surface area contributed by atoms with Crippen molar-refractivity contribution in [2.24, 2.45) is 0 Å². The van der Waals surface area contributed by atoms with Crippen molar-refractivity contribution in [3.05, 3.63) is 54.1 Å². The molecule has 0 radical (unpaired) electrons. The summed E-state index contributed by atoms with van der Waals surface area (Å²) in [5.74, 6) is -0.0967. The summed E-state index contributed by atoms with van der Waals surface area (Å²) in [4.78, 5) is 15.5. The molecule has 2 rings (SSSR count). The third kappa shape index (κ3) is 4.91. The van der Waals surface area contributed by atoms with Crippen LogP contribution in [0.4, 0.5) is 13.2 Å². The third-order valence-electron chi connectivity index (χ3n) is 3.17. The lowest BCUT2D eigenvalue weighted by Crippen LogP contribution is -2.26. The lowest BCUT2D eigenvalue weighted by atomic mass is 10.1. The van der Waals surface area contributed by atoms with Gasteiger partial charge < -0.3 is 9.88 Å². The van der Waals surface area contributed by atoms with Crippen LogP contribution in [0.2, 0.25) is 0 Å². The number of hydrogen-bond donors (Lipinski definition) is 1. The molecule has 2 aromatic rings. The number of carbonyl (C=O) groups excluding carboxylic acids is 1. The van der Waals surface area contributed by atoms with E-state index < -0.39 is 11.7 Å². The van der Waals surface area contributed by atoms with E-state index in [-0.39, 0.29) is 5.91 Å². The van der Waals surface area contributed by atoms with Gasteiger partial charge in [-0.25, -0.2) is 4.98 Å². The molecule has 1 heterocycles. The molecule has 0 unspecified atom stereocenters. The number of amides is 1. The highest BCUT2D eigenvalue weighted by atomic mass is 19.4. The third-order valence-corrected chi connectivity index (χ3v) is 3.17. The van der Waals surface area contributed by atoms with E-state index in [4.69, 9.17) is 0 Å². The molecule has 22 heavy (non-hydrogen) atoms. The summed E-state index contributed by atoms with van der Waals surface area (Å²) in [6.45, 7) is 0.945. The van der Waals surface area contributed by atoms with Crippen molar-refractivity contribution in [3.63, 3.8) is 0 Å². The van der Waals surface area contributed by atoms with Crippen molar-refractivity contribution >= 4 is 5.91 Å². The average Bonchev–Trinajstić information content (AvgIpc) is 2.98. The summed E-state index contributed by atoms with van der Waals surface area (Å²) < 4.78 is 39.0. The maximum atomic E-state index is 12.4. The zero-order valence-corrected chi connectivity index (χ0v) is 11.8. The fourth-order valence-corrected chi connectivity index (χ4v) is 1.94. The number of halogens is 3. The number of aryl methyl sites for hydroxylation is 1. The largest absolute Gasteiger partial charge is 0.416 e. The van der Waals surface area contributed by atoms with Gasteiger partial charge in [0.05, 0.1) is 11.9 Å². The molecule has 4 nitrogen and oxygen atoms in total. The van der Waals surface area contributed by atoms with Gasteiger partial charge in [0.2, 0.25) is 5.91 Å². The molecule has 0 spiro atoms. The van der Waals surface area contributed by atoms with E-state index in [9.17, 15) is 18.0 Å². The highest BCUT2D eigenvalue weighted by Crippen LogP contribution is 2.29. The second-order valence-corrected chi connectivity index (χ2v) is 4.85. The topological polar surface area (TPSA) is 46.9 Å². The number of benzene rings is 1. The van der Waals surface area contributed by atoms with E-state index >= 15 is 0 Å². The molecule has 0 aliphatic rings. The number of imidazole rings is 1. The van der Waals surface area contributed by atoms with Crippen LogP contribution >= 0.6 is 0 Å². The van der Waals surface area contributed by atoms with Gasteiger partial charge in [-0.2, -0.15) is 13.2 Å². The maximum absolute atomic E-state index is 12.4. The number of aromatic nitrogens is 2. The zero-order chi connectivity index (χ0) is 16.0. The number of nitrogens with one attached hydrogen (secondary N) is 1. The minimum atomic E-state index is -4.32. The summed E-state index contributed by atoms with van der Waals surface area (Å²) in [6, 6.07) is 4.97. The van der Waals surface area contributed by atoms with E-state index in [0.717, 1.165) is 17.7 Å². The summed E-state index contributed by atoms with van der Waals surface area (Å²) in [6.07, 6.45) is 1.56. The van der Waals surface area contributed by atoms with Crippen LogP contribution in [0, 0.1) is 0 Å². The highest BCUT2D eigenvalue weighted by molar-refractivity contribution is 5.75. The van der Waals surface area contributed by atoms with Crippen LogP contribution in [0.25, 0.3) is 0 Å². The normalized spacial score (nSPS) is 11.4. The zero-order valence-electron chi connectivity index (χ0n) is 11.8. The highest BCUT2D eigenvalue weighted by Gasteiger charge is 2.29. The Morgan fingerprint density at radius 3 is 2.55 bits per heavy atom. The Bertz CT molecular complexity index is 591. The van der Waals surface area contributed by atoms with Crippen molar-refractivity contribution < 1.29 is 18.0 Å². The van der Waals surface area contributed by atoms with Crippen LogP contribution in [-0.2, 0) is 23.9 Å². The van der Waals surface area contributed by atoms with Crippen LogP contribution in [0.3, 0.4) is 0 Å². The molecular formula is C15H16F3N3O. The predicted molar refractivity (Wildman–Crippen MR) is 75.0 cm³/mol. The van der Waals surface area contributed by atoms with Crippen molar-refractivity contribution in [2.45, 2.75) is 25.6 Å². The predicted octanol–water partition coefficient (Wildman–Crippen LogP) is 2.65. The molecule has 7 heteroatoms. The second kappa shape index (κ2) is 7.11. The van der Waals surface area contributed by atoms with Gasteiger partial charge in [-0.15, -0.1) is 0 Å². The maximum Gasteiger partial charge on any atom is 0.416 e. The van der Waals surface area contributed by atoms with E-state index in [2.05, 4.69) is 10.3 Å². The Balaban J connectivity index is 1.70. The van der Waals surface area contributed by atoms with Crippen LogP contribution in [0.1, 0.15) is 17.5 Å². The fourth-order valence-electron chi connectivity index (χ4n) is 1.94. The van der Waals surface area contributed by atoms with Crippen LogP contribution in [0.15, 0.2) is 43.0 Å². The van der Waals surface area contributed by atoms with Gasteiger partial charge in [0.1, 0.15) is 0 Å². The van der Waals surface area contributed by atoms with Crippen molar-refractivity contribution in [1.29, 1.82) is 0 Å². The molecule has 0 bridgehead atoms. The van der Waals surface area contributed by atoms with Crippen molar-refractivity contribution in [1.82, 2.24) is 14.9 Å². The first-order chi connectivity index (χ1) is 10.4. The number of nitrogens with zero attached hydrogens (tertiary/aromatic N) is 2. The Hall–Kier alpha value is -2.31. The lowest BCUT2D eigenvalue weighted by Gasteiger charge is -2.08. The summed E-state index contributed by atoms with van der Waals surface area (Å²) >= 11 is 0. The standard InChI is InChI=1S/C15H16F3N3O/c16-15(17,18)13-3-1-12(2-4-13)5-7-20-14(22)6-9-21-10-8-19-11-21/h1-4,8,10-11H,5-7,9H2,(H,20,22). The monoisotopic (exact) mass is 311 g/mol. The Kier molecular flexibility index (Phi) is 5.19. The molecule has 0 saturated heterocycles. The first-order valence-electron chi connectivity index (χ1n) is 6.84. The van der Waals surface area contributed by atoms with Gasteiger partial charge in [0.15, 0.2) is 0 Å². The van der Waals surface area contributed by atoms with Crippen molar-refractivity contribution in [3.8, 4) is 0 Å². The molecule has 1 N–H and O–H groups in total. The van der Waals surface area contributed by atoms with Gasteiger partial charge in [0, 0.05) is 31.9 Å². The van der Waals surface area contributed by atoms with Gasteiger partial charge in [-0.05, 0) is 24.1 Å². The average molecular weight is 311 g/mol. The van der Waals surface area contributed by atoms with E-state index in [0.29, 0.717) is 25.9 Å². The van der Waals surface area contributed by atoms with Gasteiger partial charge in [-0.1, -0.05) is 12.1 Å². The minimum Gasteiger partial charge on any atom is -0.356 e. The number of rotatable bonds is 6. The Morgan fingerprint density at radius 1 is 1.23 bits per heavy atom. The van der Waals surface area contributed by atoms with Crippen LogP contribution < -0.4 is 5.32 Å². The second-order valence-electron chi connectivity index (χ2n) is 4.85. The molecular weight excluding hydrogens is 295 g/mol. The van der Waals surface area contributed by atoms with Gasteiger partial charge in [-0.3, -0.25) is 4.79 Å². The number of alkyl halides is 3. The molecule has 0 atom stereocenters. The molecule has 1 aromatic heterocycles. The molecule has 1 amide bonds. The van der Waals surface area contributed by atoms with E-state index in [1.54, 1.807) is 23.3 Å².